The number of allylic oxidation sites excluding steroid dienone is 1. The van der Waals surface area contributed by atoms with Gasteiger partial charge in [0, 0.05) is 6.04 Å². The fraction of sp³-hybridized carbons (Fsp3) is 0.529. The molecule has 1 unspecified atom stereocenters. The van der Waals surface area contributed by atoms with Crippen LogP contribution in [0.4, 0.5) is 0 Å². The summed E-state index contributed by atoms with van der Waals surface area (Å²) in [5, 5.41) is 0. The van der Waals surface area contributed by atoms with Gasteiger partial charge >= 0.3 is 0 Å². The molecule has 1 aromatic carbocycles. The molecule has 0 aliphatic heterocycles. The predicted molar refractivity (Wildman–Crippen MR) is 78.6 cm³/mol. The van der Waals surface area contributed by atoms with E-state index < -0.39 is 0 Å². The van der Waals surface area contributed by atoms with Gasteiger partial charge in [0.05, 0.1) is 0 Å². The van der Waals surface area contributed by atoms with Gasteiger partial charge in [-0.15, -0.1) is 0 Å². The van der Waals surface area contributed by atoms with Crippen molar-refractivity contribution in [1.29, 1.82) is 0 Å². The van der Waals surface area contributed by atoms with Gasteiger partial charge in [0.2, 0.25) is 0 Å². The third-order valence-electron chi connectivity index (χ3n) is 3.81. The molecule has 1 aromatic rings. The van der Waals surface area contributed by atoms with E-state index in [4.69, 9.17) is 5.73 Å². The molecule has 2 rings (SSSR count). The summed E-state index contributed by atoms with van der Waals surface area (Å²) in [6, 6.07) is 9.23. The van der Waals surface area contributed by atoms with Gasteiger partial charge in [0.1, 0.15) is 0 Å². The van der Waals surface area contributed by atoms with Gasteiger partial charge in [-0.25, -0.2) is 0 Å². The van der Waals surface area contributed by atoms with Gasteiger partial charge in [-0.3, -0.25) is 0 Å². The molecule has 0 heterocycles. The van der Waals surface area contributed by atoms with E-state index in [1.165, 1.54) is 23.1 Å². The Morgan fingerprint density at radius 3 is 2.33 bits per heavy atom. The summed E-state index contributed by atoms with van der Waals surface area (Å²) in [4.78, 5) is 0. The fourth-order valence-electron chi connectivity index (χ4n) is 3.02. The van der Waals surface area contributed by atoms with Crippen molar-refractivity contribution in [3.05, 3.63) is 47.0 Å². The van der Waals surface area contributed by atoms with Gasteiger partial charge in [-0.2, -0.15) is 0 Å². The molecule has 0 fully saturated rings. The Morgan fingerprint density at radius 2 is 1.78 bits per heavy atom. The first kappa shape index (κ1) is 13.4. The molecule has 0 aromatic heterocycles. The van der Waals surface area contributed by atoms with Crippen LogP contribution in [0.2, 0.25) is 0 Å². The number of aryl methyl sites for hydroxylation is 1. The second-order valence-corrected chi connectivity index (χ2v) is 6.38. The molecule has 0 spiro atoms. The summed E-state index contributed by atoms with van der Waals surface area (Å²) < 4.78 is 0. The molecule has 1 aliphatic rings. The second-order valence-electron chi connectivity index (χ2n) is 6.38. The van der Waals surface area contributed by atoms with E-state index in [9.17, 15) is 0 Å². The molecule has 1 nitrogen and oxygen atoms in total. The standard InChI is InChI=1S/C17H25N/c1-4-13-5-7-14(8-6-13)9-15-10-16(18)12-17(2,3)11-15/h5-8,10,16H,4,9,11-12,18H2,1-3H3. The first-order chi connectivity index (χ1) is 8.48. The van der Waals surface area contributed by atoms with E-state index >= 15 is 0 Å². The average molecular weight is 243 g/mol. The van der Waals surface area contributed by atoms with E-state index in [-0.39, 0.29) is 6.04 Å². The smallest absolute Gasteiger partial charge is 0.0231 e. The number of hydrogen-bond donors (Lipinski definition) is 1. The number of benzene rings is 1. The molecule has 98 valence electrons. The maximum absolute atomic E-state index is 6.12. The highest BCUT2D eigenvalue weighted by molar-refractivity contribution is 5.28. The normalized spacial score (nSPS) is 22.7. The molecule has 0 bridgehead atoms. The molecular formula is C17H25N. The predicted octanol–water partition coefficient (Wildman–Crippen LogP) is 3.87. The Bertz CT molecular complexity index is 425. The summed E-state index contributed by atoms with van der Waals surface area (Å²) in [5.41, 5.74) is 10.8. The van der Waals surface area contributed by atoms with Crippen molar-refractivity contribution in [3.8, 4) is 0 Å². The van der Waals surface area contributed by atoms with Crippen molar-refractivity contribution in [1.82, 2.24) is 0 Å². The molecule has 18 heavy (non-hydrogen) atoms. The zero-order valence-corrected chi connectivity index (χ0v) is 11.9. The Labute approximate surface area is 111 Å². The molecule has 0 saturated carbocycles. The molecule has 1 aliphatic carbocycles. The Kier molecular flexibility index (Phi) is 3.91. The second kappa shape index (κ2) is 5.27. The topological polar surface area (TPSA) is 26.0 Å². The van der Waals surface area contributed by atoms with Crippen molar-refractivity contribution < 1.29 is 0 Å². The quantitative estimate of drug-likeness (QED) is 0.801. The highest BCUT2D eigenvalue weighted by atomic mass is 14.6. The van der Waals surface area contributed by atoms with Crippen LogP contribution in [0.1, 0.15) is 44.7 Å². The van der Waals surface area contributed by atoms with Crippen LogP contribution in [0.15, 0.2) is 35.9 Å². The Balaban J connectivity index is 2.08. The highest BCUT2D eigenvalue weighted by Gasteiger charge is 2.26. The maximum Gasteiger partial charge on any atom is 0.0231 e. The Hall–Kier alpha value is -1.08. The van der Waals surface area contributed by atoms with Gasteiger partial charge < -0.3 is 5.73 Å². The monoisotopic (exact) mass is 243 g/mol. The van der Waals surface area contributed by atoms with Crippen LogP contribution in [0.25, 0.3) is 0 Å². The molecule has 2 N–H and O–H groups in total. The summed E-state index contributed by atoms with van der Waals surface area (Å²) in [7, 11) is 0. The van der Waals surface area contributed by atoms with Crippen LogP contribution in [0, 0.1) is 5.41 Å². The minimum absolute atomic E-state index is 0.235. The van der Waals surface area contributed by atoms with Crippen molar-refractivity contribution in [3.63, 3.8) is 0 Å². The van der Waals surface area contributed by atoms with Crippen LogP contribution >= 0.6 is 0 Å². The average Bonchev–Trinajstić information content (AvgIpc) is 2.27. The van der Waals surface area contributed by atoms with Crippen LogP contribution in [0.5, 0.6) is 0 Å². The zero-order valence-electron chi connectivity index (χ0n) is 11.9. The molecular weight excluding hydrogens is 218 g/mol. The van der Waals surface area contributed by atoms with Gasteiger partial charge in [0.25, 0.3) is 0 Å². The first-order valence-electron chi connectivity index (χ1n) is 7.01. The van der Waals surface area contributed by atoms with E-state index in [2.05, 4.69) is 51.1 Å². The third-order valence-corrected chi connectivity index (χ3v) is 3.81. The molecule has 0 radical (unpaired) electrons. The lowest BCUT2D eigenvalue weighted by atomic mass is 9.74. The first-order valence-corrected chi connectivity index (χ1v) is 7.01. The number of nitrogens with two attached hydrogens (primary N) is 1. The van der Waals surface area contributed by atoms with Crippen molar-refractivity contribution in [2.45, 2.75) is 52.5 Å². The van der Waals surface area contributed by atoms with Gasteiger partial charge in [-0.05, 0) is 42.2 Å². The summed E-state index contributed by atoms with van der Waals surface area (Å²) in [6.45, 7) is 6.83. The summed E-state index contributed by atoms with van der Waals surface area (Å²) in [5.74, 6) is 0. The maximum atomic E-state index is 6.12. The third kappa shape index (κ3) is 3.46. The largest absolute Gasteiger partial charge is 0.324 e. The molecule has 0 amide bonds. The van der Waals surface area contributed by atoms with Gasteiger partial charge in [-0.1, -0.05) is 56.7 Å². The van der Waals surface area contributed by atoms with Crippen molar-refractivity contribution >= 4 is 0 Å². The van der Waals surface area contributed by atoms with E-state index in [1.54, 1.807) is 0 Å². The van der Waals surface area contributed by atoms with Crippen LogP contribution < -0.4 is 5.73 Å². The van der Waals surface area contributed by atoms with Crippen LogP contribution in [-0.4, -0.2) is 6.04 Å². The lowest BCUT2D eigenvalue weighted by Gasteiger charge is -2.33. The fourth-order valence-corrected chi connectivity index (χ4v) is 3.02. The minimum atomic E-state index is 0.235. The van der Waals surface area contributed by atoms with E-state index in [0.717, 1.165) is 19.3 Å². The van der Waals surface area contributed by atoms with Gasteiger partial charge in [0.15, 0.2) is 0 Å². The molecule has 1 heteroatoms. The summed E-state index contributed by atoms with van der Waals surface area (Å²) >= 11 is 0. The number of rotatable bonds is 3. The highest BCUT2D eigenvalue weighted by Crippen LogP contribution is 2.35. The van der Waals surface area contributed by atoms with E-state index in [0.29, 0.717) is 5.41 Å². The molecule has 1 atom stereocenters. The SMILES string of the molecule is CCc1ccc(CC2=CC(N)CC(C)(C)C2)cc1. The lowest BCUT2D eigenvalue weighted by Crippen LogP contribution is -2.31. The van der Waals surface area contributed by atoms with Crippen molar-refractivity contribution in [2.75, 3.05) is 0 Å². The molecule has 0 saturated heterocycles. The number of hydrogen-bond acceptors (Lipinski definition) is 1. The van der Waals surface area contributed by atoms with E-state index in [1.807, 2.05) is 0 Å². The Morgan fingerprint density at radius 1 is 1.17 bits per heavy atom. The van der Waals surface area contributed by atoms with Crippen LogP contribution in [0.3, 0.4) is 0 Å². The minimum Gasteiger partial charge on any atom is -0.324 e. The lowest BCUT2D eigenvalue weighted by molar-refractivity contribution is 0.299. The van der Waals surface area contributed by atoms with Crippen molar-refractivity contribution in [2.24, 2.45) is 11.1 Å². The van der Waals surface area contributed by atoms with Crippen LogP contribution in [-0.2, 0) is 12.8 Å². The zero-order chi connectivity index (χ0) is 13.2. The summed E-state index contributed by atoms with van der Waals surface area (Å²) in [6.07, 6.45) is 6.72.